The van der Waals surface area contributed by atoms with Crippen molar-refractivity contribution in [3.8, 4) is 11.4 Å². The fourth-order valence-corrected chi connectivity index (χ4v) is 5.48. The predicted octanol–water partition coefficient (Wildman–Crippen LogP) is 4.45. The zero-order chi connectivity index (χ0) is 21.7. The van der Waals surface area contributed by atoms with Gasteiger partial charge in [0.2, 0.25) is 0 Å². The number of para-hydroxylation sites is 1. The number of H-pyrrole nitrogens is 1. The van der Waals surface area contributed by atoms with E-state index in [2.05, 4.69) is 15.3 Å². The van der Waals surface area contributed by atoms with Crippen molar-refractivity contribution in [2.45, 2.75) is 37.8 Å². The van der Waals surface area contributed by atoms with Gasteiger partial charge in [0.1, 0.15) is 23.4 Å². The van der Waals surface area contributed by atoms with Gasteiger partial charge in [0.15, 0.2) is 5.82 Å². The van der Waals surface area contributed by atoms with Crippen LogP contribution in [-0.4, -0.2) is 38.6 Å². The molecule has 8 heteroatoms. The summed E-state index contributed by atoms with van der Waals surface area (Å²) in [6.07, 6.45) is 7.18. The third-order valence-electron chi connectivity index (χ3n) is 7.00. The van der Waals surface area contributed by atoms with Gasteiger partial charge in [-0.3, -0.25) is 4.79 Å². The summed E-state index contributed by atoms with van der Waals surface area (Å²) < 4.78 is 19.4. The SMILES string of the molecule is O=CO[C@H]1C2CCC(CC2)[C@@H]1Nc1nc(-c2c[nH]c3ncc(F)cc23)nc2ccccc12. The highest BCUT2D eigenvalue weighted by molar-refractivity contribution is 5.95. The average Bonchev–Trinajstić information content (AvgIpc) is 3.24. The molecule has 2 bridgehead atoms. The van der Waals surface area contributed by atoms with Crippen molar-refractivity contribution in [1.82, 2.24) is 19.9 Å². The maximum absolute atomic E-state index is 13.9. The van der Waals surface area contributed by atoms with Gasteiger partial charge in [-0.15, -0.1) is 0 Å². The predicted molar refractivity (Wildman–Crippen MR) is 118 cm³/mol. The fraction of sp³-hybridized carbons (Fsp3) is 0.333. The Balaban J connectivity index is 1.46. The highest BCUT2D eigenvalue weighted by Gasteiger charge is 2.45. The summed E-state index contributed by atoms with van der Waals surface area (Å²) in [5, 5.41) is 5.14. The Morgan fingerprint density at radius 3 is 2.75 bits per heavy atom. The molecule has 0 amide bonds. The minimum atomic E-state index is -0.412. The molecule has 162 valence electrons. The zero-order valence-corrected chi connectivity index (χ0v) is 17.3. The molecule has 7 nitrogen and oxygen atoms in total. The summed E-state index contributed by atoms with van der Waals surface area (Å²) >= 11 is 0. The van der Waals surface area contributed by atoms with Crippen LogP contribution in [0.1, 0.15) is 25.7 Å². The van der Waals surface area contributed by atoms with E-state index in [1.54, 1.807) is 6.20 Å². The number of carbonyl (C=O) groups is 1. The topological polar surface area (TPSA) is 92.8 Å². The van der Waals surface area contributed by atoms with Crippen molar-refractivity contribution in [3.63, 3.8) is 0 Å². The number of fused-ring (bicyclic) bond motifs is 5. The van der Waals surface area contributed by atoms with Gasteiger partial charge in [-0.25, -0.2) is 19.3 Å². The van der Waals surface area contributed by atoms with Gasteiger partial charge in [-0.05, 0) is 55.7 Å². The van der Waals surface area contributed by atoms with Crippen LogP contribution >= 0.6 is 0 Å². The van der Waals surface area contributed by atoms with Gasteiger partial charge in [-0.2, -0.15) is 0 Å². The zero-order valence-electron chi connectivity index (χ0n) is 17.3. The van der Waals surface area contributed by atoms with Gasteiger partial charge < -0.3 is 15.0 Å². The van der Waals surface area contributed by atoms with E-state index < -0.39 is 5.82 Å². The molecular weight excluding hydrogens is 409 g/mol. The molecule has 0 saturated heterocycles. The van der Waals surface area contributed by atoms with Gasteiger partial charge in [-0.1, -0.05) is 12.1 Å². The first kappa shape index (κ1) is 19.2. The van der Waals surface area contributed by atoms with E-state index in [1.165, 1.54) is 12.3 Å². The summed E-state index contributed by atoms with van der Waals surface area (Å²) in [7, 11) is 0. The molecule has 3 aliphatic carbocycles. The van der Waals surface area contributed by atoms with Crippen LogP contribution in [0.5, 0.6) is 0 Å². The number of aromatic nitrogens is 4. The summed E-state index contributed by atoms with van der Waals surface area (Å²) in [4.78, 5) is 28.0. The molecule has 3 saturated carbocycles. The number of nitrogens with one attached hydrogen (secondary N) is 2. The number of ether oxygens (including phenoxy) is 1. The maximum atomic E-state index is 13.9. The molecule has 2 N–H and O–H groups in total. The summed E-state index contributed by atoms with van der Waals surface area (Å²) in [5.41, 5.74) is 2.05. The molecule has 3 aliphatic rings. The molecule has 3 aromatic heterocycles. The molecule has 4 aromatic rings. The second-order valence-corrected chi connectivity index (χ2v) is 8.71. The molecule has 0 radical (unpaired) electrons. The number of pyridine rings is 1. The maximum Gasteiger partial charge on any atom is 0.293 e. The molecule has 2 atom stereocenters. The number of benzene rings is 1. The first-order valence-electron chi connectivity index (χ1n) is 11.0. The number of rotatable bonds is 5. The first-order chi connectivity index (χ1) is 15.7. The molecule has 0 aliphatic heterocycles. The van der Waals surface area contributed by atoms with Crippen LogP contribution < -0.4 is 5.32 Å². The van der Waals surface area contributed by atoms with Gasteiger partial charge in [0.25, 0.3) is 6.47 Å². The largest absolute Gasteiger partial charge is 0.462 e. The highest BCUT2D eigenvalue weighted by atomic mass is 19.1. The van der Waals surface area contributed by atoms with Crippen molar-refractivity contribution in [1.29, 1.82) is 0 Å². The molecule has 32 heavy (non-hydrogen) atoms. The second kappa shape index (κ2) is 7.55. The van der Waals surface area contributed by atoms with Crippen LogP contribution in [0, 0.1) is 17.7 Å². The van der Waals surface area contributed by atoms with E-state index >= 15 is 0 Å². The van der Waals surface area contributed by atoms with Crippen molar-refractivity contribution >= 4 is 34.2 Å². The third-order valence-corrected chi connectivity index (χ3v) is 7.00. The van der Waals surface area contributed by atoms with E-state index in [1.807, 2.05) is 24.3 Å². The van der Waals surface area contributed by atoms with Crippen molar-refractivity contribution in [2.75, 3.05) is 5.32 Å². The van der Waals surface area contributed by atoms with Crippen LogP contribution in [0.3, 0.4) is 0 Å². The smallest absolute Gasteiger partial charge is 0.293 e. The van der Waals surface area contributed by atoms with Crippen LogP contribution in [-0.2, 0) is 9.53 Å². The van der Waals surface area contributed by atoms with Crippen molar-refractivity contribution in [2.24, 2.45) is 11.8 Å². The molecular formula is C24H22FN5O2. The lowest BCUT2D eigenvalue weighted by Gasteiger charge is -2.47. The number of halogens is 1. The Bertz CT molecular complexity index is 1310. The molecule has 0 unspecified atom stereocenters. The van der Waals surface area contributed by atoms with E-state index in [-0.39, 0.29) is 12.1 Å². The normalized spacial score (nSPS) is 24.7. The quantitative estimate of drug-likeness (QED) is 0.454. The van der Waals surface area contributed by atoms with E-state index in [9.17, 15) is 9.18 Å². The van der Waals surface area contributed by atoms with Gasteiger partial charge >= 0.3 is 0 Å². The van der Waals surface area contributed by atoms with Crippen LogP contribution in [0.4, 0.5) is 10.2 Å². The number of aromatic amines is 1. The molecule has 0 spiro atoms. The lowest BCUT2D eigenvalue weighted by atomic mass is 9.66. The molecule has 7 rings (SSSR count). The first-order valence-corrected chi connectivity index (χ1v) is 11.0. The minimum Gasteiger partial charge on any atom is -0.462 e. The van der Waals surface area contributed by atoms with Crippen molar-refractivity contribution in [3.05, 3.63) is 48.5 Å². The number of anilines is 1. The van der Waals surface area contributed by atoms with E-state index in [0.29, 0.717) is 46.5 Å². The third kappa shape index (κ3) is 3.09. The minimum absolute atomic E-state index is 0.000867. The van der Waals surface area contributed by atoms with E-state index in [0.717, 1.165) is 36.6 Å². The lowest BCUT2D eigenvalue weighted by molar-refractivity contribution is -0.142. The van der Waals surface area contributed by atoms with Gasteiger partial charge in [0.05, 0.1) is 17.8 Å². The lowest BCUT2D eigenvalue weighted by Crippen LogP contribution is -2.53. The standard InChI is InChI=1S/C24H22FN5O2/c25-15-9-17-18(11-27-22(17)26-10-15)24-28-19-4-2-1-3-16(19)23(30-24)29-20-13-5-7-14(8-6-13)21(20)32-12-31/h1-4,9-14,20-21H,5-8H2,(H,26,27)(H,28,29,30)/t13?,14?,20-,21-/m0/s1. The number of hydrogen-bond acceptors (Lipinski definition) is 6. The monoisotopic (exact) mass is 431 g/mol. The van der Waals surface area contributed by atoms with Gasteiger partial charge in [0, 0.05) is 22.5 Å². The number of nitrogens with zero attached hydrogens (tertiary/aromatic N) is 3. The number of carbonyl (C=O) groups excluding carboxylic acids is 1. The van der Waals surface area contributed by atoms with E-state index in [4.69, 9.17) is 14.7 Å². The summed E-state index contributed by atoms with van der Waals surface area (Å²) in [6.45, 7) is 0.567. The fourth-order valence-electron chi connectivity index (χ4n) is 5.48. The highest BCUT2D eigenvalue weighted by Crippen LogP contribution is 2.44. The Morgan fingerprint density at radius 2 is 1.91 bits per heavy atom. The molecule has 1 aromatic carbocycles. The number of hydrogen-bond donors (Lipinski definition) is 2. The molecule has 3 heterocycles. The Kier molecular flexibility index (Phi) is 4.52. The average molecular weight is 431 g/mol. The summed E-state index contributed by atoms with van der Waals surface area (Å²) in [5.74, 6) is 1.57. The van der Waals surface area contributed by atoms with Crippen LogP contribution in [0.2, 0.25) is 0 Å². The van der Waals surface area contributed by atoms with Crippen LogP contribution in [0.25, 0.3) is 33.3 Å². The van der Waals surface area contributed by atoms with Crippen LogP contribution in [0.15, 0.2) is 42.7 Å². The Morgan fingerprint density at radius 1 is 1.09 bits per heavy atom. The second-order valence-electron chi connectivity index (χ2n) is 8.71. The summed E-state index contributed by atoms with van der Waals surface area (Å²) in [6, 6.07) is 9.24. The Labute approximate surface area is 183 Å². The molecule has 3 fully saturated rings. The van der Waals surface area contributed by atoms with Crippen molar-refractivity contribution < 1.29 is 13.9 Å². The Hall–Kier alpha value is -3.55.